The molecule has 0 heterocycles. The maximum atomic E-state index is 11.7. The van der Waals surface area contributed by atoms with Crippen LogP contribution < -0.4 is 10.2 Å². The number of nitrogens with zero attached hydrogens (tertiary/aromatic N) is 1. The molecule has 2 aromatic carbocycles. The van der Waals surface area contributed by atoms with E-state index in [-0.39, 0.29) is 12.5 Å². The highest BCUT2D eigenvalue weighted by Gasteiger charge is 2.04. The van der Waals surface area contributed by atoms with Gasteiger partial charge in [-0.25, -0.2) is 5.43 Å². The number of rotatable bonds is 8. The van der Waals surface area contributed by atoms with E-state index in [1.54, 1.807) is 6.21 Å². The average molecular weight is 324 g/mol. The minimum absolute atomic E-state index is 0.0502. The molecule has 0 bridgehead atoms. The molecule has 0 spiro atoms. The van der Waals surface area contributed by atoms with Gasteiger partial charge in [0.2, 0.25) is 0 Å². The largest absolute Gasteiger partial charge is 0.484 e. The van der Waals surface area contributed by atoms with E-state index in [1.807, 2.05) is 54.6 Å². The van der Waals surface area contributed by atoms with Gasteiger partial charge >= 0.3 is 0 Å². The quantitative estimate of drug-likeness (QED) is 0.591. The van der Waals surface area contributed by atoms with Crippen molar-refractivity contribution in [3.05, 3.63) is 65.7 Å². The summed E-state index contributed by atoms with van der Waals surface area (Å²) in [6, 6.07) is 17.8. The van der Waals surface area contributed by atoms with Gasteiger partial charge in [-0.3, -0.25) is 4.79 Å². The van der Waals surface area contributed by atoms with Crippen LogP contribution in [0.25, 0.3) is 0 Å². The summed E-state index contributed by atoms with van der Waals surface area (Å²) in [5.41, 5.74) is 4.89. The van der Waals surface area contributed by atoms with Crippen molar-refractivity contribution in [2.75, 3.05) is 6.61 Å². The normalized spacial score (nSPS) is 12.1. The SMILES string of the molecule is CCC(C)c1ccc(OCC(=O)NN=CCc2ccccc2)cc1. The Kier molecular flexibility index (Phi) is 7.02. The molecule has 4 nitrogen and oxygen atoms in total. The van der Waals surface area contributed by atoms with Gasteiger partial charge in [0.25, 0.3) is 5.91 Å². The number of carbonyl (C=O) groups excluding carboxylic acids is 1. The van der Waals surface area contributed by atoms with Gasteiger partial charge in [0, 0.05) is 12.6 Å². The van der Waals surface area contributed by atoms with Crippen LogP contribution >= 0.6 is 0 Å². The number of nitrogens with one attached hydrogen (secondary N) is 1. The molecular formula is C20H24N2O2. The van der Waals surface area contributed by atoms with Crippen LogP contribution in [0.1, 0.15) is 37.3 Å². The van der Waals surface area contributed by atoms with Crippen molar-refractivity contribution in [1.29, 1.82) is 0 Å². The Hall–Kier alpha value is -2.62. The van der Waals surface area contributed by atoms with Gasteiger partial charge in [-0.1, -0.05) is 56.3 Å². The second kappa shape index (κ2) is 9.50. The summed E-state index contributed by atoms with van der Waals surface area (Å²) < 4.78 is 5.47. The molecule has 1 atom stereocenters. The fraction of sp³-hybridized carbons (Fsp3) is 0.300. The fourth-order valence-electron chi connectivity index (χ4n) is 2.19. The van der Waals surface area contributed by atoms with Gasteiger partial charge in [-0.15, -0.1) is 0 Å². The third kappa shape index (κ3) is 5.88. The van der Waals surface area contributed by atoms with Gasteiger partial charge in [0.1, 0.15) is 5.75 Å². The number of amides is 1. The molecule has 2 aromatic rings. The maximum Gasteiger partial charge on any atom is 0.277 e. The van der Waals surface area contributed by atoms with Crippen LogP contribution in [-0.2, 0) is 11.2 Å². The number of benzene rings is 2. The first-order valence-electron chi connectivity index (χ1n) is 8.26. The van der Waals surface area contributed by atoms with E-state index in [4.69, 9.17) is 4.74 Å². The Morgan fingerprint density at radius 1 is 1.17 bits per heavy atom. The zero-order valence-corrected chi connectivity index (χ0v) is 14.2. The third-order valence-electron chi connectivity index (χ3n) is 3.88. The van der Waals surface area contributed by atoms with Gasteiger partial charge in [-0.05, 0) is 35.6 Å². The molecule has 126 valence electrons. The molecule has 2 rings (SSSR count). The monoisotopic (exact) mass is 324 g/mol. The maximum absolute atomic E-state index is 11.7. The Bertz CT molecular complexity index is 651. The van der Waals surface area contributed by atoms with Crippen LogP contribution in [0.5, 0.6) is 5.75 Å². The lowest BCUT2D eigenvalue weighted by atomic mass is 9.99. The minimum atomic E-state index is -0.273. The average Bonchev–Trinajstić information content (AvgIpc) is 2.64. The van der Waals surface area contributed by atoms with Crippen molar-refractivity contribution in [3.8, 4) is 5.75 Å². The predicted octanol–water partition coefficient (Wildman–Crippen LogP) is 3.92. The molecule has 0 saturated carbocycles. The van der Waals surface area contributed by atoms with E-state index in [2.05, 4.69) is 24.4 Å². The van der Waals surface area contributed by atoms with Crippen molar-refractivity contribution in [2.45, 2.75) is 32.6 Å². The molecule has 0 aliphatic carbocycles. The van der Waals surface area contributed by atoms with E-state index >= 15 is 0 Å². The summed E-state index contributed by atoms with van der Waals surface area (Å²) in [4.78, 5) is 11.7. The molecule has 1 N–H and O–H groups in total. The number of hydrogen-bond acceptors (Lipinski definition) is 3. The lowest BCUT2D eigenvalue weighted by molar-refractivity contribution is -0.123. The first-order valence-corrected chi connectivity index (χ1v) is 8.26. The Labute approximate surface area is 143 Å². The van der Waals surface area contributed by atoms with Gasteiger partial charge in [0.15, 0.2) is 6.61 Å². The fourth-order valence-corrected chi connectivity index (χ4v) is 2.19. The van der Waals surface area contributed by atoms with Crippen LogP contribution in [0.2, 0.25) is 0 Å². The molecular weight excluding hydrogens is 300 g/mol. The highest BCUT2D eigenvalue weighted by Crippen LogP contribution is 2.21. The number of carbonyl (C=O) groups is 1. The predicted molar refractivity (Wildman–Crippen MR) is 97.4 cm³/mol. The molecule has 1 amide bonds. The summed E-state index contributed by atoms with van der Waals surface area (Å²) in [6.07, 6.45) is 3.46. The van der Waals surface area contributed by atoms with Crippen molar-refractivity contribution >= 4 is 12.1 Å². The van der Waals surface area contributed by atoms with E-state index in [0.29, 0.717) is 18.1 Å². The van der Waals surface area contributed by atoms with Crippen molar-refractivity contribution in [1.82, 2.24) is 5.43 Å². The summed E-state index contributed by atoms with van der Waals surface area (Å²) >= 11 is 0. The van der Waals surface area contributed by atoms with Crippen molar-refractivity contribution in [3.63, 3.8) is 0 Å². The minimum Gasteiger partial charge on any atom is -0.484 e. The van der Waals surface area contributed by atoms with E-state index in [9.17, 15) is 4.79 Å². The molecule has 0 radical (unpaired) electrons. The van der Waals surface area contributed by atoms with E-state index in [0.717, 1.165) is 12.0 Å². The van der Waals surface area contributed by atoms with Crippen LogP contribution in [0, 0.1) is 0 Å². The Morgan fingerprint density at radius 2 is 1.88 bits per heavy atom. The van der Waals surface area contributed by atoms with Crippen LogP contribution in [0.4, 0.5) is 0 Å². The molecule has 0 aliphatic rings. The highest BCUT2D eigenvalue weighted by atomic mass is 16.5. The number of ether oxygens (including phenoxy) is 1. The molecule has 0 saturated heterocycles. The molecule has 0 fully saturated rings. The Morgan fingerprint density at radius 3 is 2.54 bits per heavy atom. The summed E-state index contributed by atoms with van der Waals surface area (Å²) in [5.74, 6) is 0.942. The second-order valence-corrected chi connectivity index (χ2v) is 5.70. The van der Waals surface area contributed by atoms with Crippen molar-refractivity contribution in [2.24, 2.45) is 5.10 Å². The van der Waals surface area contributed by atoms with Gasteiger partial charge in [0.05, 0.1) is 0 Å². The summed E-state index contributed by atoms with van der Waals surface area (Å²) in [6.45, 7) is 4.31. The third-order valence-corrected chi connectivity index (χ3v) is 3.88. The number of hydrazone groups is 1. The van der Waals surface area contributed by atoms with E-state index in [1.165, 1.54) is 5.56 Å². The van der Waals surface area contributed by atoms with Gasteiger partial charge < -0.3 is 4.74 Å². The second-order valence-electron chi connectivity index (χ2n) is 5.70. The highest BCUT2D eigenvalue weighted by molar-refractivity contribution is 5.78. The summed E-state index contributed by atoms with van der Waals surface area (Å²) in [5, 5.41) is 3.92. The lowest BCUT2D eigenvalue weighted by Crippen LogP contribution is -2.24. The van der Waals surface area contributed by atoms with Gasteiger partial charge in [-0.2, -0.15) is 5.10 Å². The molecule has 0 aromatic heterocycles. The summed E-state index contributed by atoms with van der Waals surface area (Å²) in [7, 11) is 0. The molecule has 24 heavy (non-hydrogen) atoms. The standard InChI is InChI=1S/C20H24N2O2/c1-3-16(2)18-9-11-19(12-10-18)24-15-20(23)22-21-14-13-17-7-5-4-6-8-17/h4-12,14,16H,3,13,15H2,1-2H3,(H,22,23). The topological polar surface area (TPSA) is 50.7 Å². The van der Waals surface area contributed by atoms with E-state index < -0.39 is 0 Å². The zero-order chi connectivity index (χ0) is 17.2. The van der Waals surface area contributed by atoms with Crippen LogP contribution in [-0.4, -0.2) is 18.7 Å². The van der Waals surface area contributed by atoms with Crippen LogP contribution in [0.3, 0.4) is 0 Å². The zero-order valence-electron chi connectivity index (χ0n) is 14.2. The van der Waals surface area contributed by atoms with Crippen LogP contribution in [0.15, 0.2) is 59.7 Å². The lowest BCUT2D eigenvalue weighted by Gasteiger charge is -2.10. The molecule has 4 heteroatoms. The first kappa shape index (κ1) is 17.7. The smallest absolute Gasteiger partial charge is 0.277 e. The molecule has 1 unspecified atom stereocenters. The first-order chi connectivity index (χ1) is 11.7. The Balaban J connectivity index is 1.71. The van der Waals surface area contributed by atoms with Crippen molar-refractivity contribution < 1.29 is 9.53 Å². The number of hydrogen-bond donors (Lipinski definition) is 1. The molecule has 0 aliphatic heterocycles.